The van der Waals surface area contributed by atoms with Crippen LogP contribution in [0.2, 0.25) is 0 Å². The molecule has 1 aromatic rings. The fourth-order valence-electron chi connectivity index (χ4n) is 1.69. The summed E-state index contributed by atoms with van der Waals surface area (Å²) in [5, 5.41) is 9.16. The van der Waals surface area contributed by atoms with Gasteiger partial charge in [-0.25, -0.2) is 0 Å². The Hall–Kier alpha value is -1.03. The minimum absolute atomic E-state index is 0.127. The van der Waals surface area contributed by atoms with E-state index in [0.29, 0.717) is 6.54 Å². The van der Waals surface area contributed by atoms with Crippen LogP contribution in [0.5, 0.6) is 0 Å². The highest BCUT2D eigenvalue weighted by molar-refractivity contribution is 9.10. The van der Waals surface area contributed by atoms with Gasteiger partial charge in [0.05, 0.1) is 5.92 Å². The second-order valence-corrected chi connectivity index (χ2v) is 5.46. The minimum atomic E-state index is -0.734. The van der Waals surface area contributed by atoms with Crippen molar-refractivity contribution in [3.05, 3.63) is 28.7 Å². The predicted octanol–water partition coefficient (Wildman–Crippen LogP) is 3.24. The fraction of sp³-hybridized carbons (Fsp3) is 0.462. The number of hydrogen-bond donors (Lipinski definition) is 1. The number of carboxylic acids is 1. The van der Waals surface area contributed by atoms with E-state index in [1.165, 1.54) is 0 Å². The second-order valence-electron chi connectivity index (χ2n) is 4.55. The molecular weight excluding hydrogens is 282 g/mol. The van der Waals surface area contributed by atoms with Gasteiger partial charge >= 0.3 is 5.97 Å². The van der Waals surface area contributed by atoms with E-state index in [1.54, 1.807) is 0 Å². The zero-order valence-electron chi connectivity index (χ0n) is 10.4. The Kier molecular flexibility index (Phi) is 5.00. The Morgan fingerprint density at radius 1 is 1.47 bits per heavy atom. The van der Waals surface area contributed by atoms with Gasteiger partial charge in [0.25, 0.3) is 0 Å². The summed E-state index contributed by atoms with van der Waals surface area (Å²) in [5.41, 5.74) is 1.02. The molecule has 1 atom stereocenters. The Morgan fingerprint density at radius 2 is 2.12 bits per heavy atom. The highest BCUT2D eigenvalue weighted by Gasteiger charge is 2.23. The predicted molar refractivity (Wildman–Crippen MR) is 73.4 cm³/mol. The SMILES string of the molecule is CC(C)C(CN(C)c1cccc(Br)c1)C(=O)O. The maximum Gasteiger partial charge on any atom is 0.308 e. The van der Waals surface area contributed by atoms with Gasteiger partial charge in [-0.05, 0) is 24.1 Å². The van der Waals surface area contributed by atoms with Gasteiger partial charge in [-0.2, -0.15) is 0 Å². The summed E-state index contributed by atoms with van der Waals surface area (Å²) >= 11 is 3.41. The van der Waals surface area contributed by atoms with Gasteiger partial charge in [-0.3, -0.25) is 4.79 Å². The molecule has 0 aliphatic carbocycles. The highest BCUT2D eigenvalue weighted by Crippen LogP contribution is 2.21. The normalized spacial score (nSPS) is 12.5. The van der Waals surface area contributed by atoms with Crippen LogP contribution in [0, 0.1) is 11.8 Å². The molecule has 0 amide bonds. The van der Waals surface area contributed by atoms with E-state index in [0.717, 1.165) is 10.2 Å². The van der Waals surface area contributed by atoms with Crippen LogP contribution in [0.25, 0.3) is 0 Å². The van der Waals surface area contributed by atoms with Crippen molar-refractivity contribution in [2.45, 2.75) is 13.8 Å². The molecular formula is C13H18BrNO2. The van der Waals surface area contributed by atoms with E-state index in [9.17, 15) is 4.79 Å². The van der Waals surface area contributed by atoms with Crippen molar-refractivity contribution in [3.63, 3.8) is 0 Å². The van der Waals surface area contributed by atoms with Crippen molar-refractivity contribution in [1.29, 1.82) is 0 Å². The number of benzene rings is 1. The van der Waals surface area contributed by atoms with Crippen LogP contribution in [-0.4, -0.2) is 24.7 Å². The lowest BCUT2D eigenvalue weighted by Gasteiger charge is -2.25. The molecule has 0 saturated carbocycles. The monoisotopic (exact) mass is 299 g/mol. The standard InChI is InChI=1S/C13H18BrNO2/c1-9(2)12(13(16)17)8-15(3)11-6-4-5-10(14)7-11/h4-7,9,12H,8H2,1-3H3,(H,16,17). The first-order chi connectivity index (χ1) is 7.91. The molecule has 0 aliphatic rings. The molecule has 17 heavy (non-hydrogen) atoms. The maximum atomic E-state index is 11.1. The topological polar surface area (TPSA) is 40.5 Å². The summed E-state index contributed by atoms with van der Waals surface area (Å²) in [6.07, 6.45) is 0. The van der Waals surface area contributed by atoms with Gasteiger partial charge in [0, 0.05) is 23.8 Å². The first kappa shape index (κ1) is 14.0. The van der Waals surface area contributed by atoms with Gasteiger partial charge < -0.3 is 10.0 Å². The third kappa shape index (κ3) is 4.04. The molecule has 1 rings (SSSR count). The van der Waals surface area contributed by atoms with E-state index in [1.807, 2.05) is 50.1 Å². The summed E-state index contributed by atoms with van der Waals surface area (Å²) in [7, 11) is 1.92. The van der Waals surface area contributed by atoms with Crippen molar-refractivity contribution < 1.29 is 9.90 Å². The number of carboxylic acid groups (broad SMARTS) is 1. The van der Waals surface area contributed by atoms with Crippen molar-refractivity contribution in [2.24, 2.45) is 11.8 Å². The van der Waals surface area contributed by atoms with Crippen LogP contribution in [0.15, 0.2) is 28.7 Å². The molecule has 0 heterocycles. The average Bonchev–Trinajstić information content (AvgIpc) is 2.24. The number of anilines is 1. The number of hydrogen-bond acceptors (Lipinski definition) is 2. The largest absolute Gasteiger partial charge is 0.481 e. The number of halogens is 1. The third-order valence-electron chi connectivity index (χ3n) is 2.84. The first-order valence-corrected chi connectivity index (χ1v) is 6.40. The molecule has 0 aliphatic heterocycles. The molecule has 4 heteroatoms. The van der Waals surface area contributed by atoms with E-state index < -0.39 is 5.97 Å². The summed E-state index contributed by atoms with van der Waals surface area (Å²) < 4.78 is 0.998. The van der Waals surface area contributed by atoms with E-state index in [-0.39, 0.29) is 11.8 Å². The number of rotatable bonds is 5. The van der Waals surface area contributed by atoms with E-state index in [2.05, 4.69) is 15.9 Å². The van der Waals surface area contributed by atoms with Crippen LogP contribution < -0.4 is 4.90 Å². The molecule has 0 saturated heterocycles. The van der Waals surface area contributed by atoms with Crippen LogP contribution >= 0.6 is 15.9 Å². The molecule has 0 bridgehead atoms. The van der Waals surface area contributed by atoms with Crippen molar-refractivity contribution >= 4 is 27.6 Å². The van der Waals surface area contributed by atoms with Crippen molar-refractivity contribution in [3.8, 4) is 0 Å². The Morgan fingerprint density at radius 3 is 2.59 bits per heavy atom. The van der Waals surface area contributed by atoms with Gasteiger partial charge in [0.15, 0.2) is 0 Å². The van der Waals surface area contributed by atoms with Crippen LogP contribution in [0.3, 0.4) is 0 Å². The van der Waals surface area contributed by atoms with Crippen LogP contribution in [-0.2, 0) is 4.79 Å². The highest BCUT2D eigenvalue weighted by atomic mass is 79.9. The fourth-order valence-corrected chi connectivity index (χ4v) is 2.08. The Labute approximate surface area is 111 Å². The quantitative estimate of drug-likeness (QED) is 0.907. The molecule has 0 spiro atoms. The van der Waals surface area contributed by atoms with Gasteiger partial charge in [0.1, 0.15) is 0 Å². The van der Waals surface area contributed by atoms with Crippen molar-refractivity contribution in [2.75, 3.05) is 18.5 Å². The van der Waals surface area contributed by atoms with Gasteiger partial charge in [-0.15, -0.1) is 0 Å². The molecule has 3 nitrogen and oxygen atoms in total. The molecule has 0 aromatic heterocycles. The minimum Gasteiger partial charge on any atom is -0.481 e. The lowest BCUT2D eigenvalue weighted by Crippen LogP contribution is -2.33. The first-order valence-electron chi connectivity index (χ1n) is 5.61. The molecule has 1 N–H and O–H groups in total. The van der Waals surface area contributed by atoms with E-state index >= 15 is 0 Å². The van der Waals surface area contributed by atoms with E-state index in [4.69, 9.17) is 5.11 Å². The summed E-state index contributed by atoms with van der Waals surface area (Å²) in [6.45, 7) is 4.39. The average molecular weight is 300 g/mol. The lowest BCUT2D eigenvalue weighted by atomic mass is 9.95. The smallest absolute Gasteiger partial charge is 0.308 e. The molecule has 1 aromatic carbocycles. The number of aliphatic carboxylic acids is 1. The molecule has 0 radical (unpaired) electrons. The third-order valence-corrected chi connectivity index (χ3v) is 3.33. The van der Waals surface area contributed by atoms with Gasteiger partial charge in [-0.1, -0.05) is 35.8 Å². The molecule has 94 valence electrons. The summed E-state index contributed by atoms with van der Waals surface area (Å²) in [4.78, 5) is 13.1. The van der Waals surface area contributed by atoms with Crippen molar-refractivity contribution in [1.82, 2.24) is 0 Å². The second kappa shape index (κ2) is 6.05. The maximum absolute atomic E-state index is 11.1. The molecule has 0 fully saturated rings. The summed E-state index contributed by atoms with van der Waals surface area (Å²) in [5.74, 6) is -0.956. The zero-order chi connectivity index (χ0) is 13.0. The van der Waals surface area contributed by atoms with Crippen LogP contribution in [0.1, 0.15) is 13.8 Å². The molecule has 1 unspecified atom stereocenters. The van der Waals surface area contributed by atoms with Crippen LogP contribution in [0.4, 0.5) is 5.69 Å². The summed E-state index contributed by atoms with van der Waals surface area (Å²) in [6, 6.07) is 7.86. The Balaban J connectivity index is 2.77. The number of carbonyl (C=O) groups is 1. The zero-order valence-corrected chi connectivity index (χ0v) is 11.9. The van der Waals surface area contributed by atoms with Gasteiger partial charge in [0.2, 0.25) is 0 Å². The lowest BCUT2D eigenvalue weighted by molar-refractivity contribution is -0.142. The Bertz CT molecular complexity index is 393. The number of nitrogens with zero attached hydrogens (tertiary/aromatic N) is 1.